The summed E-state index contributed by atoms with van der Waals surface area (Å²) in [6.07, 6.45) is -4.52. The number of nitrogens with zero attached hydrogens (tertiary/aromatic N) is 1. The van der Waals surface area contributed by atoms with Crippen molar-refractivity contribution >= 4 is 41.0 Å². The van der Waals surface area contributed by atoms with Crippen molar-refractivity contribution in [2.75, 3.05) is 38.2 Å². The molecule has 4 N–H and O–H groups in total. The average molecular weight is 548 g/mol. The van der Waals surface area contributed by atoms with Gasteiger partial charge in [-0.2, -0.15) is 0 Å². The molecule has 0 aliphatic carbocycles. The third kappa shape index (κ3) is 7.75. The number of aliphatic hydroxyl groups is 2. The standard InChI is InChI=1S/C26H30ClN3O8/c1-15(2)14-28-23(32)18-7-8-19(27)20(13-18)29-24(33)22(38-26(36)30-9-11-37-12-10-30)21(31)16-3-5-17(6-4-16)25(34)35/h3-8,13,15,22,25,34-35H,9-12,14H2,1-2H3,(H,28,32)(H,29,33). The number of aliphatic hydroxyl groups excluding tert-OH is 1. The molecule has 3 amide bonds. The lowest BCUT2D eigenvalue weighted by Crippen LogP contribution is -2.46. The highest BCUT2D eigenvalue weighted by Gasteiger charge is 2.34. The lowest BCUT2D eigenvalue weighted by Gasteiger charge is -2.27. The minimum Gasteiger partial charge on any atom is -0.427 e. The van der Waals surface area contributed by atoms with Crippen LogP contribution in [0.3, 0.4) is 0 Å². The quantitative estimate of drug-likeness (QED) is 0.212. The van der Waals surface area contributed by atoms with Crippen LogP contribution in [0.15, 0.2) is 42.5 Å². The van der Waals surface area contributed by atoms with E-state index in [0.29, 0.717) is 6.54 Å². The van der Waals surface area contributed by atoms with Gasteiger partial charge in [-0.3, -0.25) is 14.4 Å². The fraction of sp³-hybridized carbons (Fsp3) is 0.385. The molecule has 1 heterocycles. The van der Waals surface area contributed by atoms with Crippen molar-refractivity contribution in [2.24, 2.45) is 5.92 Å². The highest BCUT2D eigenvalue weighted by Crippen LogP contribution is 2.24. The number of anilines is 1. The number of benzene rings is 2. The Morgan fingerprint density at radius 1 is 1.03 bits per heavy atom. The van der Waals surface area contributed by atoms with Crippen LogP contribution in [0.25, 0.3) is 0 Å². The molecule has 1 atom stereocenters. The summed E-state index contributed by atoms with van der Waals surface area (Å²) in [7, 11) is 0. The molecule has 1 fully saturated rings. The van der Waals surface area contributed by atoms with Crippen molar-refractivity contribution in [3.63, 3.8) is 0 Å². The molecule has 1 unspecified atom stereocenters. The van der Waals surface area contributed by atoms with Crippen molar-refractivity contribution < 1.29 is 38.9 Å². The zero-order chi connectivity index (χ0) is 27.8. The Bertz CT molecular complexity index is 1160. The Morgan fingerprint density at radius 3 is 2.26 bits per heavy atom. The van der Waals surface area contributed by atoms with Crippen LogP contribution in [0.2, 0.25) is 5.02 Å². The summed E-state index contributed by atoms with van der Waals surface area (Å²) >= 11 is 6.24. The summed E-state index contributed by atoms with van der Waals surface area (Å²) in [5.41, 5.74) is 0.411. The molecular formula is C26H30ClN3O8. The number of halogens is 1. The van der Waals surface area contributed by atoms with Crippen LogP contribution in [-0.4, -0.2) is 77.8 Å². The Hall–Kier alpha value is -3.51. The van der Waals surface area contributed by atoms with Gasteiger partial charge in [-0.1, -0.05) is 49.7 Å². The van der Waals surface area contributed by atoms with Crippen LogP contribution in [0, 0.1) is 5.92 Å². The molecule has 11 nitrogen and oxygen atoms in total. The van der Waals surface area contributed by atoms with Crippen molar-refractivity contribution in [3.05, 3.63) is 64.2 Å². The van der Waals surface area contributed by atoms with Crippen LogP contribution < -0.4 is 10.6 Å². The van der Waals surface area contributed by atoms with Crippen molar-refractivity contribution in [1.82, 2.24) is 10.2 Å². The third-order valence-corrected chi connectivity index (χ3v) is 5.94. The monoisotopic (exact) mass is 547 g/mol. The first kappa shape index (κ1) is 29.1. The zero-order valence-electron chi connectivity index (χ0n) is 21.0. The van der Waals surface area contributed by atoms with E-state index in [1.54, 1.807) is 0 Å². The topological polar surface area (TPSA) is 154 Å². The first-order chi connectivity index (χ1) is 18.1. The van der Waals surface area contributed by atoms with Gasteiger partial charge in [-0.05, 0) is 24.1 Å². The normalized spacial score (nSPS) is 14.2. The summed E-state index contributed by atoms with van der Waals surface area (Å²) in [6.45, 7) is 5.36. The second kappa shape index (κ2) is 13.3. The maximum atomic E-state index is 13.3. The molecule has 2 aromatic rings. The number of morpholine rings is 1. The Kier molecular flexibility index (Phi) is 10.2. The van der Waals surface area contributed by atoms with Crippen molar-refractivity contribution in [1.29, 1.82) is 0 Å². The number of ether oxygens (including phenoxy) is 2. The maximum absolute atomic E-state index is 13.3. The molecule has 2 aromatic carbocycles. The second-order valence-electron chi connectivity index (χ2n) is 9.01. The Labute approximate surface area is 224 Å². The van der Waals surface area contributed by atoms with Gasteiger partial charge in [0.2, 0.25) is 11.9 Å². The molecule has 38 heavy (non-hydrogen) atoms. The number of carbonyl (C=O) groups excluding carboxylic acids is 4. The number of rotatable bonds is 9. The van der Waals surface area contributed by atoms with Gasteiger partial charge in [0, 0.05) is 36.3 Å². The summed E-state index contributed by atoms with van der Waals surface area (Å²) in [5.74, 6) is -1.97. The number of carbonyl (C=O) groups is 4. The number of hydrogen-bond donors (Lipinski definition) is 4. The van der Waals surface area contributed by atoms with Crippen molar-refractivity contribution in [2.45, 2.75) is 26.2 Å². The Morgan fingerprint density at radius 2 is 1.66 bits per heavy atom. The smallest absolute Gasteiger partial charge is 0.411 e. The molecule has 204 valence electrons. The second-order valence-corrected chi connectivity index (χ2v) is 9.42. The average Bonchev–Trinajstić information content (AvgIpc) is 2.91. The number of hydrogen-bond acceptors (Lipinski definition) is 8. The van der Waals surface area contributed by atoms with Crippen LogP contribution in [0.5, 0.6) is 0 Å². The van der Waals surface area contributed by atoms with E-state index in [9.17, 15) is 29.4 Å². The SMILES string of the molecule is CC(C)CNC(=O)c1ccc(Cl)c(NC(=O)C(OC(=O)N2CCOCC2)C(=O)c2ccc(C(O)O)cc2)c1. The van der Waals surface area contributed by atoms with E-state index < -0.39 is 30.2 Å². The molecule has 12 heteroatoms. The fourth-order valence-electron chi connectivity index (χ4n) is 3.48. The van der Waals surface area contributed by atoms with E-state index in [1.807, 2.05) is 13.8 Å². The van der Waals surface area contributed by atoms with Crippen molar-refractivity contribution in [3.8, 4) is 0 Å². The van der Waals surface area contributed by atoms with E-state index in [-0.39, 0.29) is 65.5 Å². The molecule has 1 saturated heterocycles. The fourth-order valence-corrected chi connectivity index (χ4v) is 3.64. The molecule has 0 saturated carbocycles. The van der Waals surface area contributed by atoms with Gasteiger partial charge in [-0.15, -0.1) is 0 Å². The van der Waals surface area contributed by atoms with Gasteiger partial charge < -0.3 is 35.2 Å². The van der Waals surface area contributed by atoms with E-state index in [1.165, 1.54) is 47.4 Å². The number of amides is 3. The van der Waals surface area contributed by atoms with Gasteiger partial charge in [-0.25, -0.2) is 4.79 Å². The third-order valence-electron chi connectivity index (χ3n) is 5.61. The molecule has 0 radical (unpaired) electrons. The van der Waals surface area contributed by atoms with Crippen LogP contribution in [0.1, 0.15) is 46.4 Å². The van der Waals surface area contributed by atoms with Gasteiger partial charge >= 0.3 is 6.09 Å². The number of ketones is 1. The van der Waals surface area contributed by atoms with Gasteiger partial charge in [0.1, 0.15) is 0 Å². The van der Waals surface area contributed by atoms with Gasteiger partial charge in [0.25, 0.3) is 11.8 Å². The van der Waals surface area contributed by atoms with Gasteiger partial charge in [0.05, 0.1) is 23.9 Å². The van der Waals surface area contributed by atoms with Gasteiger partial charge in [0.15, 0.2) is 6.29 Å². The zero-order valence-corrected chi connectivity index (χ0v) is 21.7. The van der Waals surface area contributed by atoms with E-state index >= 15 is 0 Å². The van der Waals surface area contributed by atoms with Crippen LogP contribution in [0.4, 0.5) is 10.5 Å². The summed E-state index contributed by atoms with van der Waals surface area (Å²) in [5, 5.41) is 24.0. The maximum Gasteiger partial charge on any atom is 0.411 e. The molecule has 3 rings (SSSR count). The van der Waals surface area contributed by atoms with E-state index in [4.69, 9.17) is 21.1 Å². The highest BCUT2D eigenvalue weighted by molar-refractivity contribution is 6.34. The first-order valence-corrected chi connectivity index (χ1v) is 12.4. The summed E-state index contributed by atoms with van der Waals surface area (Å²) in [4.78, 5) is 53.1. The first-order valence-electron chi connectivity index (χ1n) is 12.0. The minimum absolute atomic E-state index is 0.00256. The molecular weight excluding hydrogens is 518 g/mol. The number of Topliss-reactive ketones (excluding diaryl/α,β-unsaturated/α-hetero) is 1. The summed E-state index contributed by atoms with van der Waals surface area (Å²) in [6, 6.07) is 9.44. The Balaban J connectivity index is 1.85. The molecule has 0 aromatic heterocycles. The predicted molar refractivity (Wildman–Crippen MR) is 138 cm³/mol. The number of nitrogens with one attached hydrogen (secondary N) is 2. The lowest BCUT2D eigenvalue weighted by molar-refractivity contribution is -0.122. The minimum atomic E-state index is -1.90. The molecule has 0 spiro atoms. The summed E-state index contributed by atoms with van der Waals surface area (Å²) < 4.78 is 10.6. The highest BCUT2D eigenvalue weighted by atomic mass is 35.5. The largest absolute Gasteiger partial charge is 0.427 e. The molecule has 1 aliphatic heterocycles. The van der Waals surface area contributed by atoms with E-state index in [0.717, 1.165) is 0 Å². The molecule has 0 bridgehead atoms. The van der Waals surface area contributed by atoms with Crippen LogP contribution >= 0.6 is 11.6 Å². The van der Waals surface area contributed by atoms with Crippen LogP contribution in [-0.2, 0) is 14.3 Å². The lowest BCUT2D eigenvalue weighted by atomic mass is 10.0. The molecule has 1 aliphatic rings. The van der Waals surface area contributed by atoms with E-state index in [2.05, 4.69) is 10.6 Å². The predicted octanol–water partition coefficient (Wildman–Crippen LogP) is 2.37.